The zero-order valence-electron chi connectivity index (χ0n) is 9.04. The maximum absolute atomic E-state index is 4.60. The van der Waals surface area contributed by atoms with Gasteiger partial charge in [0.25, 0.3) is 0 Å². The lowest BCUT2D eigenvalue weighted by molar-refractivity contribution is 1.25. The summed E-state index contributed by atoms with van der Waals surface area (Å²) in [5, 5.41) is 2.36. The molecule has 1 aromatic carbocycles. The van der Waals surface area contributed by atoms with Crippen molar-refractivity contribution in [2.75, 3.05) is 0 Å². The van der Waals surface area contributed by atoms with Crippen LogP contribution in [0.5, 0.6) is 0 Å². The molecule has 0 amide bonds. The lowest BCUT2D eigenvalue weighted by atomic mass is 10.2. The Morgan fingerprint density at radius 2 is 1.88 bits per heavy atom. The first-order chi connectivity index (χ1) is 8.43. The highest BCUT2D eigenvalue weighted by molar-refractivity contribution is 5.97. The quantitative estimate of drug-likeness (QED) is 0.455. The molecule has 0 saturated carbocycles. The van der Waals surface area contributed by atoms with Crippen molar-refractivity contribution in [3.63, 3.8) is 0 Å². The lowest BCUT2D eigenvalue weighted by Crippen LogP contribution is -1.85. The first kappa shape index (κ1) is 8.70. The summed E-state index contributed by atoms with van der Waals surface area (Å²) in [7, 11) is 0. The first-order valence-corrected chi connectivity index (χ1v) is 5.54. The van der Waals surface area contributed by atoms with Crippen LogP contribution in [0.15, 0.2) is 54.9 Å². The number of hydrogen-bond acceptors (Lipinski definition) is 2. The number of aromatic nitrogens is 3. The molecule has 0 spiro atoms. The van der Waals surface area contributed by atoms with Crippen LogP contribution in [-0.4, -0.2) is 14.4 Å². The molecular formula is C14H9N3. The van der Waals surface area contributed by atoms with Crippen molar-refractivity contribution in [3.05, 3.63) is 54.9 Å². The van der Waals surface area contributed by atoms with Crippen molar-refractivity contribution >= 4 is 27.6 Å². The third-order valence-corrected chi connectivity index (χ3v) is 3.07. The topological polar surface area (TPSA) is 30.2 Å². The van der Waals surface area contributed by atoms with Gasteiger partial charge in [-0.2, -0.15) is 0 Å². The van der Waals surface area contributed by atoms with Crippen molar-refractivity contribution < 1.29 is 0 Å². The molecule has 0 N–H and O–H groups in total. The molecule has 0 aliphatic rings. The van der Waals surface area contributed by atoms with Gasteiger partial charge < -0.3 is 0 Å². The van der Waals surface area contributed by atoms with Gasteiger partial charge in [-0.05, 0) is 23.6 Å². The summed E-state index contributed by atoms with van der Waals surface area (Å²) in [5.41, 5.74) is 2.81. The predicted octanol–water partition coefficient (Wildman–Crippen LogP) is 3.04. The summed E-state index contributed by atoms with van der Waals surface area (Å²) >= 11 is 0. The van der Waals surface area contributed by atoms with Crippen LogP contribution in [0.4, 0.5) is 0 Å². The van der Waals surface area contributed by atoms with Crippen molar-refractivity contribution in [1.29, 1.82) is 0 Å². The average Bonchev–Trinajstić information content (AvgIpc) is 2.78. The second-order valence-corrected chi connectivity index (χ2v) is 4.05. The van der Waals surface area contributed by atoms with E-state index < -0.39 is 0 Å². The molecule has 0 radical (unpaired) electrons. The lowest BCUT2D eigenvalue weighted by Gasteiger charge is -1.99. The van der Waals surface area contributed by atoms with Crippen LogP contribution >= 0.6 is 0 Å². The monoisotopic (exact) mass is 219 g/mol. The molecule has 3 heteroatoms. The highest BCUT2D eigenvalue weighted by atomic mass is 15.0. The minimum Gasteiger partial charge on any atom is -0.298 e. The third kappa shape index (κ3) is 1.11. The van der Waals surface area contributed by atoms with Crippen LogP contribution in [-0.2, 0) is 0 Å². The maximum atomic E-state index is 4.60. The zero-order valence-corrected chi connectivity index (χ0v) is 9.04. The Kier molecular flexibility index (Phi) is 1.56. The van der Waals surface area contributed by atoms with E-state index in [1.807, 2.05) is 24.3 Å². The average molecular weight is 219 g/mol. The fraction of sp³-hybridized carbons (Fsp3) is 0. The molecule has 3 heterocycles. The Balaban J connectivity index is 2.34. The van der Waals surface area contributed by atoms with E-state index in [0.717, 1.165) is 22.2 Å². The van der Waals surface area contributed by atoms with E-state index in [0.29, 0.717) is 0 Å². The second kappa shape index (κ2) is 3.04. The van der Waals surface area contributed by atoms with Gasteiger partial charge in [0.05, 0.1) is 5.52 Å². The standard InChI is InChI=1S/C14H9N3/c1-2-5-11-10(4-1)7-9-17-12-6-3-8-15-13(12)16-14(11)17/h1-9H. The molecule has 4 rings (SSSR count). The first-order valence-electron chi connectivity index (χ1n) is 5.54. The number of rotatable bonds is 0. The Hall–Kier alpha value is -2.42. The Morgan fingerprint density at radius 1 is 0.941 bits per heavy atom. The number of benzene rings is 1. The number of hydrogen-bond donors (Lipinski definition) is 0. The van der Waals surface area contributed by atoms with Crippen LogP contribution in [0.25, 0.3) is 27.6 Å². The van der Waals surface area contributed by atoms with Crippen molar-refractivity contribution in [2.24, 2.45) is 0 Å². The molecule has 0 aliphatic heterocycles. The summed E-state index contributed by atoms with van der Waals surface area (Å²) in [6, 6.07) is 14.4. The van der Waals surface area contributed by atoms with Crippen molar-refractivity contribution in [2.45, 2.75) is 0 Å². The zero-order chi connectivity index (χ0) is 11.2. The molecule has 0 bridgehead atoms. The van der Waals surface area contributed by atoms with Crippen LogP contribution < -0.4 is 0 Å². The molecular weight excluding hydrogens is 210 g/mol. The van der Waals surface area contributed by atoms with E-state index in [-0.39, 0.29) is 0 Å². The molecule has 0 atom stereocenters. The summed E-state index contributed by atoms with van der Waals surface area (Å²) in [6.07, 6.45) is 3.83. The normalized spacial score (nSPS) is 11.5. The van der Waals surface area contributed by atoms with Crippen LogP contribution in [0.3, 0.4) is 0 Å². The summed E-state index contributed by atoms with van der Waals surface area (Å²) in [4.78, 5) is 8.89. The smallest absolute Gasteiger partial charge is 0.178 e. The third-order valence-electron chi connectivity index (χ3n) is 3.07. The minimum atomic E-state index is 0.795. The van der Waals surface area contributed by atoms with Gasteiger partial charge in [0.15, 0.2) is 5.65 Å². The summed E-state index contributed by atoms with van der Waals surface area (Å²) < 4.78 is 2.09. The van der Waals surface area contributed by atoms with Crippen LogP contribution in [0.2, 0.25) is 0 Å². The molecule has 3 nitrogen and oxygen atoms in total. The van der Waals surface area contributed by atoms with E-state index in [2.05, 4.69) is 38.8 Å². The van der Waals surface area contributed by atoms with Crippen molar-refractivity contribution in [3.8, 4) is 0 Å². The van der Waals surface area contributed by atoms with Gasteiger partial charge in [-0.3, -0.25) is 4.40 Å². The Bertz CT molecular complexity index is 846. The van der Waals surface area contributed by atoms with Gasteiger partial charge in [0.2, 0.25) is 0 Å². The van der Waals surface area contributed by atoms with Gasteiger partial charge in [-0.15, -0.1) is 0 Å². The molecule has 17 heavy (non-hydrogen) atoms. The number of fused-ring (bicyclic) bond motifs is 5. The molecule has 0 fully saturated rings. The summed E-state index contributed by atoms with van der Waals surface area (Å²) in [6.45, 7) is 0. The van der Waals surface area contributed by atoms with E-state index >= 15 is 0 Å². The Labute approximate surface area is 97.4 Å². The number of imidazole rings is 1. The van der Waals surface area contributed by atoms with Gasteiger partial charge in [-0.1, -0.05) is 24.3 Å². The number of pyridine rings is 2. The van der Waals surface area contributed by atoms with Gasteiger partial charge in [-0.25, -0.2) is 9.97 Å². The van der Waals surface area contributed by atoms with Crippen LogP contribution in [0, 0.1) is 0 Å². The fourth-order valence-electron chi connectivity index (χ4n) is 2.27. The predicted molar refractivity (Wildman–Crippen MR) is 68.0 cm³/mol. The maximum Gasteiger partial charge on any atom is 0.178 e. The van der Waals surface area contributed by atoms with Crippen LogP contribution in [0.1, 0.15) is 0 Å². The Morgan fingerprint density at radius 3 is 2.88 bits per heavy atom. The van der Waals surface area contributed by atoms with Gasteiger partial charge in [0.1, 0.15) is 5.65 Å². The van der Waals surface area contributed by atoms with Crippen molar-refractivity contribution in [1.82, 2.24) is 14.4 Å². The van der Waals surface area contributed by atoms with E-state index in [1.165, 1.54) is 5.39 Å². The fourth-order valence-corrected chi connectivity index (χ4v) is 2.27. The largest absolute Gasteiger partial charge is 0.298 e. The highest BCUT2D eigenvalue weighted by Gasteiger charge is 2.07. The van der Waals surface area contributed by atoms with E-state index in [9.17, 15) is 0 Å². The molecule has 4 aromatic rings. The van der Waals surface area contributed by atoms with E-state index in [1.54, 1.807) is 6.20 Å². The number of nitrogens with zero attached hydrogens (tertiary/aromatic N) is 3. The molecule has 0 aliphatic carbocycles. The highest BCUT2D eigenvalue weighted by Crippen LogP contribution is 2.22. The minimum absolute atomic E-state index is 0.795. The second-order valence-electron chi connectivity index (χ2n) is 4.05. The van der Waals surface area contributed by atoms with Gasteiger partial charge in [0, 0.05) is 17.8 Å². The molecule has 80 valence electrons. The summed E-state index contributed by atoms with van der Waals surface area (Å²) in [5.74, 6) is 0. The molecule has 0 unspecified atom stereocenters. The molecule has 3 aromatic heterocycles. The molecule has 0 saturated heterocycles. The van der Waals surface area contributed by atoms with E-state index in [4.69, 9.17) is 0 Å². The SMILES string of the molecule is c1ccc2c(c1)ccn1c3cccnc3nc21. The van der Waals surface area contributed by atoms with Gasteiger partial charge >= 0.3 is 0 Å².